The molecule has 0 saturated carbocycles. The first-order valence-electron chi connectivity index (χ1n) is 7.54. The van der Waals surface area contributed by atoms with Crippen LogP contribution >= 0.6 is 0 Å². The first kappa shape index (κ1) is 14.9. The highest BCUT2D eigenvalue weighted by atomic mass is 16.5. The largest absolute Gasteiger partial charge is 0.382 e. The third-order valence-electron chi connectivity index (χ3n) is 4.36. The lowest BCUT2D eigenvalue weighted by molar-refractivity contribution is -0.126. The van der Waals surface area contributed by atoms with Crippen LogP contribution in [0.5, 0.6) is 0 Å². The van der Waals surface area contributed by atoms with E-state index in [9.17, 15) is 4.79 Å². The van der Waals surface area contributed by atoms with Crippen molar-refractivity contribution in [1.82, 2.24) is 5.32 Å². The van der Waals surface area contributed by atoms with E-state index >= 15 is 0 Å². The van der Waals surface area contributed by atoms with Gasteiger partial charge in [-0.15, -0.1) is 0 Å². The van der Waals surface area contributed by atoms with Crippen LogP contribution in [-0.2, 0) is 14.3 Å². The Morgan fingerprint density at radius 3 is 2.95 bits per heavy atom. The summed E-state index contributed by atoms with van der Waals surface area (Å²) in [7, 11) is 0. The fourth-order valence-electron chi connectivity index (χ4n) is 3.51. The summed E-state index contributed by atoms with van der Waals surface area (Å²) in [4.78, 5) is 12.2. The highest BCUT2D eigenvalue weighted by molar-refractivity contribution is 5.82. The zero-order valence-corrected chi connectivity index (χ0v) is 12.3. The average molecular weight is 269 g/mol. The third-order valence-corrected chi connectivity index (χ3v) is 4.36. The van der Waals surface area contributed by atoms with Crippen molar-refractivity contribution in [2.45, 2.75) is 63.5 Å². The molecule has 0 aliphatic carbocycles. The van der Waals surface area contributed by atoms with Crippen molar-refractivity contribution in [2.24, 2.45) is 0 Å². The van der Waals surface area contributed by atoms with Gasteiger partial charge < -0.3 is 14.8 Å². The molecule has 2 fully saturated rings. The summed E-state index contributed by atoms with van der Waals surface area (Å²) in [6.45, 7) is 7.22. The second-order valence-electron chi connectivity index (χ2n) is 6.27. The normalized spacial score (nSPS) is 36.4. The summed E-state index contributed by atoms with van der Waals surface area (Å²) in [6.07, 6.45) is 5.23. The first-order chi connectivity index (χ1) is 9.08. The predicted molar refractivity (Wildman–Crippen MR) is 74.3 cm³/mol. The SMILES string of the molecule is CCOCCC1(C)CC(=O)CC2(CCCOCC2)N1. The molecule has 0 aromatic rings. The lowest BCUT2D eigenvalue weighted by atomic mass is 9.74. The van der Waals surface area contributed by atoms with Crippen molar-refractivity contribution < 1.29 is 14.3 Å². The van der Waals surface area contributed by atoms with Crippen LogP contribution in [0.15, 0.2) is 0 Å². The maximum absolute atomic E-state index is 12.2. The van der Waals surface area contributed by atoms with Crippen molar-refractivity contribution >= 4 is 5.78 Å². The number of hydrogen-bond acceptors (Lipinski definition) is 4. The fraction of sp³-hybridized carbons (Fsp3) is 0.933. The Bertz CT molecular complexity index is 311. The molecule has 0 amide bonds. The van der Waals surface area contributed by atoms with Gasteiger partial charge in [-0.25, -0.2) is 0 Å². The quantitative estimate of drug-likeness (QED) is 0.794. The summed E-state index contributed by atoms with van der Waals surface area (Å²) in [5, 5.41) is 3.79. The second-order valence-corrected chi connectivity index (χ2v) is 6.27. The van der Waals surface area contributed by atoms with Crippen LogP contribution in [0.1, 0.15) is 52.4 Å². The standard InChI is InChI=1S/C15H27NO3/c1-3-18-9-6-14(2)11-13(17)12-15(16-14)5-4-8-19-10-7-15/h16H,3-12H2,1-2H3. The number of ketones is 1. The van der Waals surface area contributed by atoms with Crippen LogP contribution in [-0.4, -0.2) is 43.3 Å². The van der Waals surface area contributed by atoms with Crippen molar-refractivity contribution in [3.63, 3.8) is 0 Å². The number of hydrogen-bond donors (Lipinski definition) is 1. The Hall–Kier alpha value is -0.450. The molecular formula is C15H27NO3. The van der Waals surface area contributed by atoms with Gasteiger partial charge in [0.1, 0.15) is 5.78 Å². The van der Waals surface area contributed by atoms with Gasteiger partial charge in [-0.1, -0.05) is 0 Å². The average Bonchev–Trinajstić information content (AvgIpc) is 2.53. The highest BCUT2D eigenvalue weighted by Crippen LogP contribution is 2.35. The lowest BCUT2D eigenvalue weighted by Crippen LogP contribution is -2.62. The van der Waals surface area contributed by atoms with Gasteiger partial charge >= 0.3 is 0 Å². The first-order valence-corrected chi connectivity index (χ1v) is 7.54. The molecule has 19 heavy (non-hydrogen) atoms. The molecule has 2 atom stereocenters. The molecule has 2 heterocycles. The van der Waals surface area contributed by atoms with Gasteiger partial charge in [-0.3, -0.25) is 4.79 Å². The molecule has 110 valence electrons. The molecule has 0 bridgehead atoms. The van der Waals surface area contributed by atoms with Crippen LogP contribution in [0.25, 0.3) is 0 Å². The molecule has 4 heteroatoms. The molecule has 2 saturated heterocycles. The molecule has 4 nitrogen and oxygen atoms in total. The topological polar surface area (TPSA) is 47.6 Å². The molecule has 0 radical (unpaired) electrons. The number of rotatable bonds is 4. The van der Waals surface area contributed by atoms with Crippen molar-refractivity contribution in [2.75, 3.05) is 26.4 Å². The van der Waals surface area contributed by atoms with Gasteiger partial charge in [0.15, 0.2) is 0 Å². The Morgan fingerprint density at radius 1 is 1.32 bits per heavy atom. The molecule has 0 aromatic carbocycles. The minimum atomic E-state index is -0.116. The van der Waals surface area contributed by atoms with E-state index in [1.54, 1.807) is 0 Å². The maximum Gasteiger partial charge on any atom is 0.136 e. The van der Waals surface area contributed by atoms with E-state index in [1.165, 1.54) is 0 Å². The molecule has 0 aromatic heterocycles. The molecule has 1 spiro atoms. The Morgan fingerprint density at radius 2 is 2.16 bits per heavy atom. The van der Waals surface area contributed by atoms with Crippen LogP contribution in [0, 0.1) is 0 Å². The molecule has 1 N–H and O–H groups in total. The van der Waals surface area contributed by atoms with Gasteiger partial charge in [0.25, 0.3) is 0 Å². The van der Waals surface area contributed by atoms with Crippen LogP contribution in [0.2, 0.25) is 0 Å². The molecule has 2 unspecified atom stereocenters. The predicted octanol–water partition coefficient (Wildman–Crippen LogP) is 2.06. The lowest BCUT2D eigenvalue weighted by Gasteiger charge is -2.47. The summed E-state index contributed by atoms with van der Waals surface area (Å²) in [6, 6.07) is 0. The van der Waals surface area contributed by atoms with Gasteiger partial charge in [-0.2, -0.15) is 0 Å². The van der Waals surface area contributed by atoms with E-state index in [0.29, 0.717) is 18.6 Å². The number of carbonyl (C=O) groups excluding carboxylic acids is 1. The number of Topliss-reactive ketones (excluding diaryl/α,β-unsaturated/α-hetero) is 1. The van der Waals surface area contributed by atoms with Gasteiger partial charge in [0.2, 0.25) is 0 Å². The minimum absolute atomic E-state index is 0.0349. The van der Waals surface area contributed by atoms with E-state index in [4.69, 9.17) is 9.47 Å². The monoisotopic (exact) mass is 269 g/mol. The Balaban J connectivity index is 2.03. The van der Waals surface area contributed by atoms with Gasteiger partial charge in [0.05, 0.1) is 0 Å². The molecule has 2 aliphatic heterocycles. The van der Waals surface area contributed by atoms with E-state index in [0.717, 1.165) is 52.1 Å². The highest BCUT2D eigenvalue weighted by Gasteiger charge is 2.44. The van der Waals surface area contributed by atoms with Crippen LogP contribution < -0.4 is 5.32 Å². The molecule has 2 rings (SSSR count). The number of carbonyl (C=O) groups is 1. The zero-order chi connectivity index (χ0) is 13.8. The van der Waals surface area contributed by atoms with Gasteiger partial charge in [0, 0.05) is 50.3 Å². The van der Waals surface area contributed by atoms with Crippen LogP contribution in [0.3, 0.4) is 0 Å². The minimum Gasteiger partial charge on any atom is -0.382 e. The number of nitrogens with one attached hydrogen (secondary N) is 1. The summed E-state index contributed by atoms with van der Waals surface area (Å²) >= 11 is 0. The van der Waals surface area contributed by atoms with E-state index in [2.05, 4.69) is 12.2 Å². The van der Waals surface area contributed by atoms with Crippen molar-refractivity contribution in [1.29, 1.82) is 0 Å². The number of ether oxygens (including phenoxy) is 2. The Kier molecular flexibility index (Phi) is 4.98. The summed E-state index contributed by atoms with van der Waals surface area (Å²) in [5.41, 5.74) is -0.151. The van der Waals surface area contributed by atoms with Crippen molar-refractivity contribution in [3.8, 4) is 0 Å². The maximum atomic E-state index is 12.2. The summed E-state index contributed by atoms with van der Waals surface area (Å²) < 4.78 is 11.0. The fourth-order valence-corrected chi connectivity index (χ4v) is 3.51. The van der Waals surface area contributed by atoms with Crippen LogP contribution in [0.4, 0.5) is 0 Å². The smallest absolute Gasteiger partial charge is 0.136 e. The summed E-state index contributed by atoms with van der Waals surface area (Å²) in [5.74, 6) is 0.389. The van der Waals surface area contributed by atoms with E-state index in [1.807, 2.05) is 6.92 Å². The zero-order valence-electron chi connectivity index (χ0n) is 12.3. The van der Waals surface area contributed by atoms with E-state index in [-0.39, 0.29) is 11.1 Å². The molecular weight excluding hydrogens is 242 g/mol. The van der Waals surface area contributed by atoms with E-state index < -0.39 is 0 Å². The number of piperidine rings is 1. The molecule has 2 aliphatic rings. The Labute approximate surface area is 116 Å². The second kappa shape index (κ2) is 6.33. The third kappa shape index (κ3) is 4.01. The van der Waals surface area contributed by atoms with Gasteiger partial charge in [-0.05, 0) is 39.5 Å². The van der Waals surface area contributed by atoms with Crippen molar-refractivity contribution in [3.05, 3.63) is 0 Å².